The number of benzene rings is 1. The molecule has 0 radical (unpaired) electrons. The van der Waals surface area contributed by atoms with E-state index in [-0.39, 0.29) is 17.4 Å². The summed E-state index contributed by atoms with van der Waals surface area (Å²) in [5.74, 6) is -1.87. The van der Waals surface area contributed by atoms with Gasteiger partial charge in [0.2, 0.25) is 11.8 Å². The Morgan fingerprint density at radius 3 is 2.30 bits per heavy atom. The maximum Gasteiger partial charge on any atom is 0.339 e. The fraction of sp³-hybridized carbons (Fsp3) is 0.235. The third kappa shape index (κ3) is 5.00. The number of sulfonamides is 1. The van der Waals surface area contributed by atoms with E-state index in [9.17, 15) is 22.8 Å². The smallest absolute Gasteiger partial charge is 0.339 e. The van der Waals surface area contributed by atoms with Crippen LogP contribution in [0.5, 0.6) is 5.88 Å². The minimum absolute atomic E-state index is 0.155. The van der Waals surface area contributed by atoms with Crippen molar-refractivity contribution in [1.82, 2.24) is 14.7 Å². The van der Waals surface area contributed by atoms with Gasteiger partial charge < -0.3 is 14.2 Å². The molecule has 1 aromatic heterocycles. The highest BCUT2D eigenvalue weighted by molar-refractivity contribution is 7.90. The van der Waals surface area contributed by atoms with E-state index in [4.69, 9.17) is 4.74 Å². The van der Waals surface area contributed by atoms with Crippen LogP contribution in [0.1, 0.15) is 26.3 Å². The van der Waals surface area contributed by atoms with E-state index in [1.54, 1.807) is 11.6 Å². The molecule has 0 bridgehead atoms. The van der Waals surface area contributed by atoms with Gasteiger partial charge in [0.15, 0.2) is 0 Å². The largest absolute Gasteiger partial charge is 0.481 e. The molecule has 2 amide bonds. The van der Waals surface area contributed by atoms with Crippen LogP contribution >= 0.6 is 0 Å². The fourth-order valence-electron chi connectivity index (χ4n) is 2.27. The Labute approximate surface area is 171 Å². The number of hydrogen-bond donors (Lipinski definition) is 2. The molecule has 160 valence electrons. The SMILES string of the molecule is COC(=O)c1ccc(C(=O)OC)c(S(=O)(=O)NC(=O)Nc2ncc(C)c(OC)n2)c1. The van der Waals surface area contributed by atoms with Crippen molar-refractivity contribution < 1.29 is 37.0 Å². The maximum absolute atomic E-state index is 12.7. The first-order chi connectivity index (χ1) is 14.1. The molecule has 0 spiro atoms. The highest BCUT2D eigenvalue weighted by atomic mass is 32.2. The van der Waals surface area contributed by atoms with Crippen LogP contribution in [-0.2, 0) is 19.5 Å². The average molecular weight is 438 g/mol. The number of ether oxygens (including phenoxy) is 3. The number of esters is 2. The Morgan fingerprint density at radius 2 is 1.70 bits per heavy atom. The number of aryl methyl sites for hydroxylation is 1. The monoisotopic (exact) mass is 438 g/mol. The van der Waals surface area contributed by atoms with Crippen LogP contribution in [0, 0.1) is 6.92 Å². The lowest BCUT2D eigenvalue weighted by molar-refractivity contribution is 0.0583. The van der Waals surface area contributed by atoms with Crippen molar-refractivity contribution in [3.05, 3.63) is 41.1 Å². The van der Waals surface area contributed by atoms with Crippen LogP contribution in [-0.4, -0.2) is 57.7 Å². The second-order valence-corrected chi connectivity index (χ2v) is 7.29. The summed E-state index contributed by atoms with van der Waals surface area (Å²) in [6.07, 6.45) is 1.37. The summed E-state index contributed by atoms with van der Waals surface area (Å²) >= 11 is 0. The molecular weight excluding hydrogens is 420 g/mol. The van der Waals surface area contributed by atoms with E-state index in [1.165, 1.54) is 19.4 Å². The summed E-state index contributed by atoms with van der Waals surface area (Å²) < 4.78 is 41.3. The van der Waals surface area contributed by atoms with E-state index < -0.39 is 38.5 Å². The van der Waals surface area contributed by atoms with Gasteiger partial charge in [0, 0.05) is 11.8 Å². The number of anilines is 1. The van der Waals surface area contributed by atoms with Crippen LogP contribution < -0.4 is 14.8 Å². The molecule has 2 rings (SSSR count). The number of carbonyl (C=O) groups excluding carboxylic acids is 3. The molecule has 0 atom stereocenters. The maximum atomic E-state index is 12.7. The Morgan fingerprint density at radius 1 is 1.03 bits per heavy atom. The first-order valence-corrected chi connectivity index (χ1v) is 9.63. The highest BCUT2D eigenvalue weighted by Crippen LogP contribution is 2.20. The molecule has 0 aliphatic heterocycles. The second-order valence-electron chi connectivity index (χ2n) is 5.64. The fourth-order valence-corrected chi connectivity index (χ4v) is 3.39. The summed E-state index contributed by atoms with van der Waals surface area (Å²) in [5, 5.41) is 2.14. The number of amides is 2. The third-order valence-electron chi connectivity index (χ3n) is 3.67. The number of carbonyl (C=O) groups is 3. The van der Waals surface area contributed by atoms with Gasteiger partial charge >= 0.3 is 18.0 Å². The number of hydrogen-bond acceptors (Lipinski definition) is 10. The zero-order valence-corrected chi connectivity index (χ0v) is 17.2. The third-order valence-corrected chi connectivity index (χ3v) is 5.04. The number of methoxy groups -OCH3 is 3. The predicted molar refractivity (Wildman–Crippen MR) is 102 cm³/mol. The van der Waals surface area contributed by atoms with E-state index in [1.807, 2.05) is 0 Å². The number of nitrogens with one attached hydrogen (secondary N) is 2. The minimum Gasteiger partial charge on any atom is -0.481 e. The van der Waals surface area contributed by atoms with Gasteiger partial charge in [0.1, 0.15) is 4.90 Å². The van der Waals surface area contributed by atoms with Gasteiger partial charge in [-0.2, -0.15) is 4.98 Å². The summed E-state index contributed by atoms with van der Waals surface area (Å²) in [5.41, 5.74) is 0.0506. The number of nitrogens with zero attached hydrogens (tertiary/aromatic N) is 2. The quantitative estimate of drug-likeness (QED) is 0.619. The summed E-state index contributed by atoms with van der Waals surface area (Å²) in [6, 6.07) is 1.93. The van der Waals surface area contributed by atoms with Gasteiger partial charge in [-0.25, -0.2) is 32.5 Å². The first-order valence-electron chi connectivity index (χ1n) is 8.15. The number of urea groups is 1. The number of aromatic nitrogens is 2. The molecule has 2 N–H and O–H groups in total. The summed E-state index contributed by atoms with van der Waals surface area (Å²) in [7, 11) is -1.09. The second kappa shape index (κ2) is 9.17. The molecule has 1 aromatic carbocycles. The average Bonchev–Trinajstić information content (AvgIpc) is 2.73. The van der Waals surface area contributed by atoms with Gasteiger partial charge in [-0.1, -0.05) is 0 Å². The van der Waals surface area contributed by atoms with Crippen LogP contribution in [0.2, 0.25) is 0 Å². The van der Waals surface area contributed by atoms with Crippen molar-refractivity contribution >= 4 is 33.9 Å². The van der Waals surface area contributed by atoms with Gasteiger partial charge in [0.25, 0.3) is 10.0 Å². The molecule has 12 nitrogen and oxygen atoms in total. The summed E-state index contributed by atoms with van der Waals surface area (Å²) in [6.45, 7) is 1.68. The van der Waals surface area contributed by atoms with Crippen molar-refractivity contribution in [1.29, 1.82) is 0 Å². The molecule has 1 heterocycles. The van der Waals surface area contributed by atoms with Gasteiger partial charge in [0.05, 0.1) is 32.5 Å². The Balaban J connectivity index is 2.36. The molecule has 0 saturated heterocycles. The van der Waals surface area contributed by atoms with E-state index in [2.05, 4.69) is 24.8 Å². The molecule has 13 heteroatoms. The standard InChI is InChI=1S/C17H18N4O8S/c1-9-8-18-16(19-13(9)27-2)20-17(24)21-30(25,26)12-7-10(14(22)28-3)5-6-11(12)15(23)29-4/h5-8H,1-4H3,(H2,18,19,20,21,24). The topological polar surface area (TPSA) is 163 Å². The van der Waals surface area contributed by atoms with Crippen molar-refractivity contribution in [3.8, 4) is 5.88 Å². The number of rotatable bonds is 6. The summed E-state index contributed by atoms with van der Waals surface area (Å²) in [4.78, 5) is 43.0. The van der Waals surface area contributed by atoms with Gasteiger partial charge in [-0.3, -0.25) is 5.32 Å². The van der Waals surface area contributed by atoms with E-state index >= 15 is 0 Å². The highest BCUT2D eigenvalue weighted by Gasteiger charge is 2.27. The molecule has 2 aromatic rings. The Kier molecular flexibility index (Phi) is 6.89. The first kappa shape index (κ1) is 22.5. The van der Waals surface area contributed by atoms with Gasteiger partial charge in [-0.05, 0) is 25.1 Å². The van der Waals surface area contributed by atoms with E-state index in [0.29, 0.717) is 5.56 Å². The van der Waals surface area contributed by atoms with Crippen molar-refractivity contribution in [2.24, 2.45) is 0 Å². The van der Waals surface area contributed by atoms with Crippen LogP contribution in [0.3, 0.4) is 0 Å². The molecule has 0 aliphatic carbocycles. The van der Waals surface area contributed by atoms with Crippen molar-refractivity contribution in [3.63, 3.8) is 0 Å². The lowest BCUT2D eigenvalue weighted by Crippen LogP contribution is -2.35. The Bertz CT molecular complexity index is 1100. The van der Waals surface area contributed by atoms with E-state index in [0.717, 1.165) is 26.4 Å². The van der Waals surface area contributed by atoms with Crippen molar-refractivity contribution in [2.75, 3.05) is 26.6 Å². The molecule has 30 heavy (non-hydrogen) atoms. The predicted octanol–water partition coefficient (Wildman–Crippen LogP) is 0.877. The van der Waals surface area contributed by atoms with Crippen LogP contribution in [0.15, 0.2) is 29.3 Å². The Hall–Kier alpha value is -3.74. The lowest BCUT2D eigenvalue weighted by atomic mass is 10.1. The zero-order valence-electron chi connectivity index (χ0n) is 16.4. The molecule has 0 aliphatic rings. The molecular formula is C17H18N4O8S. The lowest BCUT2D eigenvalue weighted by Gasteiger charge is -2.12. The normalized spacial score (nSPS) is 10.7. The minimum atomic E-state index is -4.61. The van der Waals surface area contributed by atoms with Gasteiger partial charge in [-0.15, -0.1) is 0 Å². The zero-order chi connectivity index (χ0) is 22.5. The molecule has 0 saturated carbocycles. The van der Waals surface area contributed by atoms with Crippen LogP contribution in [0.25, 0.3) is 0 Å². The van der Waals surface area contributed by atoms with Crippen molar-refractivity contribution in [2.45, 2.75) is 11.8 Å². The molecule has 0 fully saturated rings. The van der Waals surface area contributed by atoms with Crippen LogP contribution in [0.4, 0.5) is 10.7 Å². The molecule has 0 unspecified atom stereocenters.